The van der Waals surface area contributed by atoms with Crippen LogP contribution in [0.5, 0.6) is 0 Å². The number of primary amides is 1. The molecule has 0 aliphatic carbocycles. The zero-order valence-electron chi connectivity index (χ0n) is 12.9. The lowest BCUT2D eigenvalue weighted by Gasteiger charge is -2.45. The highest BCUT2D eigenvalue weighted by Crippen LogP contribution is 2.30. The van der Waals surface area contributed by atoms with Gasteiger partial charge in [-0.15, -0.1) is 0 Å². The molecule has 1 heterocycles. The summed E-state index contributed by atoms with van der Waals surface area (Å²) in [5.41, 5.74) is 6.12. The Morgan fingerprint density at radius 1 is 1.24 bits per heavy atom. The number of nitrogens with two attached hydrogens (primary N) is 1. The van der Waals surface area contributed by atoms with E-state index in [9.17, 15) is 4.79 Å². The number of nitrogens with zero attached hydrogens (tertiary/aromatic N) is 1. The van der Waals surface area contributed by atoms with Crippen LogP contribution in [0.4, 0.5) is 5.69 Å². The monoisotopic (exact) mass is 353 g/mol. The number of carbonyl (C=O) groups excluding carboxylic acids is 1. The van der Waals surface area contributed by atoms with Crippen molar-refractivity contribution in [1.29, 1.82) is 0 Å². The summed E-state index contributed by atoms with van der Waals surface area (Å²) < 4.78 is 1.02. The Kier molecular flexibility index (Phi) is 4.63. The average Bonchev–Trinajstić information content (AvgIpc) is 2.41. The molecule has 21 heavy (non-hydrogen) atoms. The molecular weight excluding hydrogens is 330 g/mol. The predicted molar refractivity (Wildman–Crippen MR) is 90.3 cm³/mol. The number of hydrogen-bond donors (Lipinski definition) is 2. The lowest BCUT2D eigenvalue weighted by atomic mass is 9.84. The third-order valence-electron chi connectivity index (χ3n) is 4.27. The number of anilines is 1. The Morgan fingerprint density at radius 2 is 1.76 bits per heavy atom. The Morgan fingerprint density at radius 3 is 2.19 bits per heavy atom. The van der Waals surface area contributed by atoms with E-state index >= 15 is 0 Å². The van der Waals surface area contributed by atoms with E-state index in [4.69, 9.17) is 5.73 Å². The van der Waals surface area contributed by atoms with Crippen molar-refractivity contribution < 1.29 is 4.79 Å². The second-order valence-corrected chi connectivity index (χ2v) is 7.65. The van der Waals surface area contributed by atoms with Crippen LogP contribution in [0.3, 0.4) is 0 Å². The van der Waals surface area contributed by atoms with Gasteiger partial charge in [-0.05, 0) is 57.9 Å². The third-order valence-corrected chi connectivity index (χ3v) is 4.79. The van der Waals surface area contributed by atoms with Crippen LogP contribution in [0.25, 0.3) is 0 Å². The summed E-state index contributed by atoms with van der Waals surface area (Å²) in [4.78, 5) is 14.4. The minimum Gasteiger partial charge on any atom is -0.371 e. The van der Waals surface area contributed by atoms with Gasteiger partial charge >= 0.3 is 0 Å². The van der Waals surface area contributed by atoms with Crippen molar-refractivity contribution in [3.05, 3.63) is 28.7 Å². The van der Waals surface area contributed by atoms with Gasteiger partial charge in [0.05, 0.1) is 0 Å². The average molecular weight is 354 g/mol. The molecule has 1 aliphatic heterocycles. The Labute approximate surface area is 135 Å². The lowest BCUT2D eigenvalue weighted by molar-refractivity contribution is -0.124. The van der Waals surface area contributed by atoms with Gasteiger partial charge in [-0.1, -0.05) is 15.9 Å². The zero-order valence-corrected chi connectivity index (χ0v) is 14.5. The quantitative estimate of drug-likeness (QED) is 0.877. The van der Waals surface area contributed by atoms with E-state index < -0.39 is 5.54 Å². The number of amides is 1. The maximum atomic E-state index is 12.0. The predicted octanol–water partition coefficient (Wildman–Crippen LogP) is 2.98. The molecule has 0 saturated carbocycles. The SMILES string of the molecule is CC(C)(C)N1CCC(Nc2ccc(Br)cc2)(C(N)=O)CC1. The molecule has 0 bridgehead atoms. The first-order valence-electron chi connectivity index (χ1n) is 7.32. The fraction of sp³-hybridized carbons (Fsp3) is 0.562. The molecule has 2 rings (SSSR count). The molecule has 1 aromatic carbocycles. The molecule has 1 fully saturated rings. The summed E-state index contributed by atoms with van der Waals surface area (Å²) in [6.07, 6.45) is 1.46. The summed E-state index contributed by atoms with van der Waals surface area (Å²) >= 11 is 3.42. The number of carbonyl (C=O) groups is 1. The molecule has 1 aliphatic rings. The highest BCUT2D eigenvalue weighted by atomic mass is 79.9. The normalized spacial score (nSPS) is 19.2. The lowest BCUT2D eigenvalue weighted by Crippen LogP contribution is -2.59. The zero-order chi connectivity index (χ0) is 15.7. The molecule has 0 atom stereocenters. The van der Waals surface area contributed by atoms with Crippen molar-refractivity contribution in [2.24, 2.45) is 5.73 Å². The number of rotatable bonds is 3. The van der Waals surface area contributed by atoms with Gasteiger partial charge in [0.1, 0.15) is 5.54 Å². The first kappa shape index (κ1) is 16.3. The van der Waals surface area contributed by atoms with Gasteiger partial charge in [-0.3, -0.25) is 9.69 Å². The molecule has 116 valence electrons. The van der Waals surface area contributed by atoms with Crippen LogP contribution in [0.2, 0.25) is 0 Å². The smallest absolute Gasteiger partial charge is 0.243 e. The summed E-state index contributed by atoms with van der Waals surface area (Å²) in [6.45, 7) is 8.34. The van der Waals surface area contributed by atoms with Gasteiger partial charge in [0.15, 0.2) is 0 Å². The molecule has 3 N–H and O–H groups in total. The van der Waals surface area contributed by atoms with Gasteiger partial charge in [-0.25, -0.2) is 0 Å². The first-order chi connectivity index (χ1) is 9.73. The second kappa shape index (κ2) is 5.97. The van der Waals surface area contributed by atoms with Gasteiger partial charge in [-0.2, -0.15) is 0 Å². The van der Waals surface area contributed by atoms with E-state index in [0.717, 1.165) is 36.1 Å². The third kappa shape index (κ3) is 3.77. The fourth-order valence-corrected chi connectivity index (χ4v) is 3.07. The van der Waals surface area contributed by atoms with Crippen molar-refractivity contribution in [3.8, 4) is 0 Å². The van der Waals surface area contributed by atoms with Crippen LogP contribution >= 0.6 is 15.9 Å². The van der Waals surface area contributed by atoms with Crippen molar-refractivity contribution in [3.63, 3.8) is 0 Å². The van der Waals surface area contributed by atoms with E-state index in [1.165, 1.54) is 0 Å². The van der Waals surface area contributed by atoms with Crippen molar-refractivity contribution in [2.45, 2.75) is 44.7 Å². The van der Waals surface area contributed by atoms with Gasteiger partial charge in [0.2, 0.25) is 5.91 Å². The van der Waals surface area contributed by atoms with Crippen LogP contribution in [-0.2, 0) is 4.79 Å². The van der Waals surface area contributed by atoms with Crippen molar-refractivity contribution in [2.75, 3.05) is 18.4 Å². The molecule has 0 radical (unpaired) electrons. The summed E-state index contributed by atoms with van der Waals surface area (Å²) in [6, 6.07) is 7.85. The van der Waals surface area contributed by atoms with E-state index in [1.807, 2.05) is 24.3 Å². The number of benzene rings is 1. The maximum absolute atomic E-state index is 12.0. The minimum absolute atomic E-state index is 0.126. The first-order valence-corrected chi connectivity index (χ1v) is 8.11. The van der Waals surface area contributed by atoms with Crippen molar-refractivity contribution in [1.82, 2.24) is 4.90 Å². The Balaban J connectivity index is 2.13. The summed E-state index contributed by atoms with van der Waals surface area (Å²) in [7, 11) is 0. The molecule has 5 heteroatoms. The van der Waals surface area contributed by atoms with Gasteiger partial charge in [0.25, 0.3) is 0 Å². The van der Waals surface area contributed by atoms with E-state index in [0.29, 0.717) is 0 Å². The van der Waals surface area contributed by atoms with Gasteiger partial charge < -0.3 is 11.1 Å². The van der Waals surface area contributed by atoms with Crippen LogP contribution < -0.4 is 11.1 Å². The molecule has 4 nitrogen and oxygen atoms in total. The minimum atomic E-state index is -0.643. The molecule has 0 aromatic heterocycles. The van der Waals surface area contributed by atoms with Crippen LogP contribution in [0.1, 0.15) is 33.6 Å². The Bertz CT molecular complexity index is 499. The molecular formula is C16H24BrN3O. The van der Waals surface area contributed by atoms with Gasteiger partial charge in [0, 0.05) is 28.8 Å². The second-order valence-electron chi connectivity index (χ2n) is 6.74. The Hall–Kier alpha value is -1.07. The van der Waals surface area contributed by atoms with Crippen LogP contribution in [-0.4, -0.2) is 35.0 Å². The van der Waals surface area contributed by atoms with E-state index in [-0.39, 0.29) is 11.4 Å². The number of likely N-dealkylation sites (tertiary alicyclic amines) is 1. The molecule has 0 unspecified atom stereocenters. The van der Waals surface area contributed by atoms with Crippen LogP contribution in [0.15, 0.2) is 28.7 Å². The summed E-state index contributed by atoms with van der Waals surface area (Å²) in [5.74, 6) is -0.265. The maximum Gasteiger partial charge on any atom is 0.243 e. The van der Waals surface area contributed by atoms with E-state index in [1.54, 1.807) is 0 Å². The van der Waals surface area contributed by atoms with E-state index in [2.05, 4.69) is 46.9 Å². The molecule has 1 amide bonds. The molecule has 1 aromatic rings. The number of halogens is 1. The van der Waals surface area contributed by atoms with Crippen molar-refractivity contribution >= 4 is 27.5 Å². The highest BCUT2D eigenvalue weighted by Gasteiger charge is 2.41. The fourth-order valence-electron chi connectivity index (χ4n) is 2.80. The topological polar surface area (TPSA) is 58.4 Å². The highest BCUT2D eigenvalue weighted by molar-refractivity contribution is 9.10. The molecule has 1 saturated heterocycles. The number of hydrogen-bond acceptors (Lipinski definition) is 3. The molecule has 0 spiro atoms. The van der Waals surface area contributed by atoms with Crippen LogP contribution in [0, 0.1) is 0 Å². The summed E-state index contributed by atoms with van der Waals surface area (Å²) in [5, 5.41) is 3.37. The number of nitrogens with one attached hydrogen (secondary N) is 1. The number of piperidine rings is 1. The standard InChI is InChI=1S/C16H24BrN3O/c1-15(2,3)20-10-8-16(9-11-20,14(18)21)19-13-6-4-12(17)5-7-13/h4-7,19H,8-11H2,1-3H3,(H2,18,21). The largest absolute Gasteiger partial charge is 0.371 e.